The first-order chi connectivity index (χ1) is 10.8. The molecule has 0 radical (unpaired) electrons. The molecule has 130 valence electrons. The van der Waals surface area contributed by atoms with Crippen molar-refractivity contribution in [1.82, 2.24) is 9.62 Å². The van der Waals surface area contributed by atoms with Crippen LogP contribution in [0.15, 0.2) is 23.1 Å². The van der Waals surface area contributed by atoms with Gasteiger partial charge in [0, 0.05) is 19.2 Å². The predicted octanol–water partition coefficient (Wildman–Crippen LogP) is 1.34. The molecule has 1 heterocycles. The van der Waals surface area contributed by atoms with Crippen LogP contribution >= 0.6 is 0 Å². The number of hydrogen-bond acceptors (Lipinski definition) is 4. The molecule has 0 amide bonds. The number of likely N-dealkylation sites (tertiary alicyclic amines) is 1. The van der Waals surface area contributed by atoms with Gasteiger partial charge in [-0.2, -0.15) is 0 Å². The van der Waals surface area contributed by atoms with Crippen LogP contribution in [0.2, 0.25) is 0 Å². The Morgan fingerprint density at radius 1 is 1.35 bits per heavy atom. The molecule has 1 aromatic rings. The normalized spacial score (nSPS) is 19.0. The predicted molar refractivity (Wildman–Crippen MR) is 82.4 cm³/mol. The first-order valence-electron chi connectivity index (χ1n) is 7.63. The summed E-state index contributed by atoms with van der Waals surface area (Å²) in [5, 5.41) is 9.97. The number of rotatable bonds is 6. The van der Waals surface area contributed by atoms with Crippen LogP contribution in [0.25, 0.3) is 0 Å². The van der Waals surface area contributed by atoms with Gasteiger partial charge < -0.3 is 10.0 Å². The Hall–Kier alpha value is -1.09. The van der Waals surface area contributed by atoms with Gasteiger partial charge in [0.05, 0.1) is 6.10 Å². The van der Waals surface area contributed by atoms with E-state index in [1.807, 2.05) is 0 Å². The molecule has 5 nitrogen and oxygen atoms in total. The molecule has 0 saturated carbocycles. The van der Waals surface area contributed by atoms with E-state index < -0.39 is 32.7 Å². The van der Waals surface area contributed by atoms with Crippen molar-refractivity contribution in [2.24, 2.45) is 5.92 Å². The number of piperidine rings is 1. The molecule has 2 rings (SSSR count). The van der Waals surface area contributed by atoms with E-state index >= 15 is 0 Å². The monoisotopic (exact) mass is 348 g/mol. The van der Waals surface area contributed by atoms with Crippen LogP contribution in [0.5, 0.6) is 0 Å². The van der Waals surface area contributed by atoms with Gasteiger partial charge in [-0.05, 0) is 44.0 Å². The minimum atomic E-state index is -4.12. The van der Waals surface area contributed by atoms with Gasteiger partial charge >= 0.3 is 0 Å². The molecule has 0 aliphatic carbocycles. The Bertz CT molecular complexity index is 632. The van der Waals surface area contributed by atoms with Gasteiger partial charge in [-0.25, -0.2) is 21.9 Å². The Labute approximate surface area is 135 Å². The molecular weight excluding hydrogens is 326 g/mol. The average Bonchev–Trinajstić information content (AvgIpc) is 2.47. The van der Waals surface area contributed by atoms with Crippen molar-refractivity contribution in [3.05, 3.63) is 29.8 Å². The topological polar surface area (TPSA) is 69.6 Å². The molecule has 0 aromatic heterocycles. The van der Waals surface area contributed by atoms with Gasteiger partial charge in [0.2, 0.25) is 10.0 Å². The molecule has 1 atom stereocenters. The average molecular weight is 348 g/mol. The smallest absolute Gasteiger partial charge is 0.243 e. The lowest BCUT2D eigenvalue weighted by molar-refractivity contribution is 0.0942. The van der Waals surface area contributed by atoms with Crippen LogP contribution in [0.3, 0.4) is 0 Å². The molecule has 1 aromatic carbocycles. The summed E-state index contributed by atoms with van der Waals surface area (Å²) < 4.78 is 52.6. The maximum absolute atomic E-state index is 13.5. The maximum Gasteiger partial charge on any atom is 0.243 e. The number of aliphatic hydroxyl groups excluding tert-OH is 1. The van der Waals surface area contributed by atoms with Crippen molar-refractivity contribution in [3.63, 3.8) is 0 Å². The lowest BCUT2D eigenvalue weighted by Gasteiger charge is -2.31. The highest BCUT2D eigenvalue weighted by Crippen LogP contribution is 2.17. The summed E-state index contributed by atoms with van der Waals surface area (Å²) in [6.45, 7) is 4.07. The molecule has 1 aliphatic rings. The van der Waals surface area contributed by atoms with Crippen LogP contribution in [0.4, 0.5) is 8.78 Å². The Morgan fingerprint density at radius 3 is 2.61 bits per heavy atom. The van der Waals surface area contributed by atoms with Crippen LogP contribution in [-0.4, -0.2) is 50.7 Å². The Balaban J connectivity index is 1.88. The highest BCUT2D eigenvalue weighted by atomic mass is 32.2. The summed E-state index contributed by atoms with van der Waals surface area (Å²) >= 11 is 0. The number of β-amino-alcohol motifs (C(OH)–C–C–N with tert-alkyl or cyclic N) is 1. The first-order valence-corrected chi connectivity index (χ1v) is 9.11. The highest BCUT2D eigenvalue weighted by Gasteiger charge is 2.22. The van der Waals surface area contributed by atoms with Crippen LogP contribution < -0.4 is 4.72 Å². The number of nitrogens with one attached hydrogen (secondary N) is 1. The number of hydrogen-bond donors (Lipinski definition) is 2. The molecule has 1 saturated heterocycles. The summed E-state index contributed by atoms with van der Waals surface area (Å²) in [6.07, 6.45) is 1.22. The summed E-state index contributed by atoms with van der Waals surface area (Å²) in [7, 11) is -4.12. The van der Waals surface area contributed by atoms with E-state index in [1.54, 1.807) is 0 Å². The van der Waals surface area contributed by atoms with Gasteiger partial charge in [0.25, 0.3) is 0 Å². The Kier molecular flexibility index (Phi) is 6.07. The molecule has 2 N–H and O–H groups in total. The number of benzene rings is 1. The maximum atomic E-state index is 13.5. The third kappa shape index (κ3) is 5.20. The second kappa shape index (κ2) is 7.65. The van der Waals surface area contributed by atoms with E-state index in [9.17, 15) is 22.3 Å². The summed E-state index contributed by atoms with van der Waals surface area (Å²) in [5.74, 6) is -1.33. The summed E-state index contributed by atoms with van der Waals surface area (Å²) in [5.41, 5.74) is 0. The second-order valence-corrected chi connectivity index (χ2v) is 7.80. The fraction of sp³-hybridized carbons (Fsp3) is 0.600. The minimum Gasteiger partial charge on any atom is -0.390 e. The van der Waals surface area contributed by atoms with E-state index in [2.05, 4.69) is 16.5 Å². The molecular formula is C15H22F2N2O3S. The molecule has 8 heteroatoms. The van der Waals surface area contributed by atoms with Crippen molar-refractivity contribution in [3.8, 4) is 0 Å². The summed E-state index contributed by atoms with van der Waals surface area (Å²) in [4.78, 5) is 1.45. The largest absolute Gasteiger partial charge is 0.390 e. The third-order valence-electron chi connectivity index (χ3n) is 4.04. The number of sulfonamides is 1. The third-order valence-corrected chi connectivity index (χ3v) is 5.49. The Morgan fingerprint density at radius 2 is 2.00 bits per heavy atom. The van der Waals surface area contributed by atoms with E-state index in [0.717, 1.165) is 38.1 Å². The zero-order valence-electron chi connectivity index (χ0n) is 13.0. The van der Waals surface area contributed by atoms with Gasteiger partial charge in [-0.3, -0.25) is 0 Å². The van der Waals surface area contributed by atoms with Gasteiger partial charge in [-0.15, -0.1) is 0 Å². The van der Waals surface area contributed by atoms with Crippen molar-refractivity contribution in [2.45, 2.75) is 30.8 Å². The van der Waals surface area contributed by atoms with Gasteiger partial charge in [0.1, 0.15) is 16.5 Å². The lowest BCUT2D eigenvalue weighted by Crippen LogP contribution is -2.43. The molecule has 23 heavy (non-hydrogen) atoms. The minimum absolute atomic E-state index is 0.217. The van der Waals surface area contributed by atoms with E-state index in [-0.39, 0.29) is 6.54 Å². The van der Waals surface area contributed by atoms with E-state index in [0.29, 0.717) is 18.5 Å². The van der Waals surface area contributed by atoms with Gasteiger partial charge in [0.15, 0.2) is 0 Å². The van der Waals surface area contributed by atoms with Crippen LogP contribution in [-0.2, 0) is 10.0 Å². The van der Waals surface area contributed by atoms with E-state index in [1.165, 1.54) is 0 Å². The quantitative estimate of drug-likeness (QED) is 0.814. The molecule has 1 unspecified atom stereocenters. The first kappa shape index (κ1) is 18.3. The summed E-state index contributed by atoms with van der Waals surface area (Å²) in [6, 6.07) is 2.26. The molecule has 1 fully saturated rings. The molecule has 0 bridgehead atoms. The number of nitrogens with zero attached hydrogens (tertiary/aromatic N) is 1. The highest BCUT2D eigenvalue weighted by molar-refractivity contribution is 7.89. The van der Waals surface area contributed by atoms with Gasteiger partial charge in [-0.1, -0.05) is 6.92 Å². The fourth-order valence-corrected chi connectivity index (χ4v) is 3.71. The van der Waals surface area contributed by atoms with E-state index in [4.69, 9.17) is 0 Å². The zero-order chi connectivity index (χ0) is 17.0. The number of aliphatic hydroxyl groups is 1. The number of halogens is 2. The zero-order valence-corrected chi connectivity index (χ0v) is 13.8. The SMILES string of the molecule is CC1CCN(CC(O)CNS(=O)(=O)c2ccc(F)cc2F)CC1. The lowest BCUT2D eigenvalue weighted by atomic mass is 9.99. The van der Waals surface area contributed by atoms with Crippen molar-refractivity contribution >= 4 is 10.0 Å². The standard InChI is InChI=1S/C15H22F2N2O3S/c1-11-4-6-19(7-5-11)10-13(20)9-18-23(21,22)15-3-2-12(16)8-14(15)17/h2-3,8,11,13,18,20H,4-7,9-10H2,1H3. The molecule has 1 aliphatic heterocycles. The van der Waals surface area contributed by atoms with Crippen LogP contribution in [0.1, 0.15) is 19.8 Å². The second-order valence-electron chi connectivity index (χ2n) is 6.06. The van der Waals surface area contributed by atoms with Crippen LogP contribution in [0, 0.1) is 17.6 Å². The van der Waals surface area contributed by atoms with Crippen molar-refractivity contribution in [1.29, 1.82) is 0 Å². The van der Waals surface area contributed by atoms with Crippen molar-refractivity contribution in [2.75, 3.05) is 26.2 Å². The van der Waals surface area contributed by atoms with Crippen molar-refractivity contribution < 1.29 is 22.3 Å². The fourth-order valence-electron chi connectivity index (χ4n) is 2.58. The molecule has 0 spiro atoms.